The van der Waals surface area contributed by atoms with Crippen LogP contribution < -0.4 is 5.32 Å². The molecule has 1 aromatic carbocycles. The van der Waals surface area contributed by atoms with Crippen molar-refractivity contribution in [1.82, 2.24) is 5.32 Å². The Morgan fingerprint density at radius 2 is 1.81 bits per heavy atom. The van der Waals surface area contributed by atoms with Gasteiger partial charge >= 0.3 is 0 Å². The molecule has 0 aliphatic heterocycles. The van der Waals surface area contributed by atoms with E-state index in [1.807, 2.05) is 6.92 Å². The molecule has 16 heavy (non-hydrogen) atoms. The number of benzene rings is 1. The van der Waals surface area contributed by atoms with Gasteiger partial charge in [-0.05, 0) is 38.3 Å². The standard InChI is InChI=1S/C14H23NO/c1-11-4-6-14(7-5-11)10-15-9-12(2)8-13(3)16/h4-7,12-13,15-16H,8-10H2,1-3H3. The summed E-state index contributed by atoms with van der Waals surface area (Å²) in [5.41, 5.74) is 2.61. The highest BCUT2D eigenvalue weighted by Crippen LogP contribution is 2.06. The zero-order valence-electron chi connectivity index (χ0n) is 10.5. The lowest BCUT2D eigenvalue weighted by Crippen LogP contribution is -2.23. The van der Waals surface area contributed by atoms with Gasteiger partial charge in [-0.25, -0.2) is 0 Å². The fourth-order valence-electron chi connectivity index (χ4n) is 1.83. The van der Waals surface area contributed by atoms with Crippen LogP contribution in [-0.2, 0) is 6.54 Å². The van der Waals surface area contributed by atoms with E-state index < -0.39 is 0 Å². The molecule has 0 amide bonds. The molecule has 0 saturated carbocycles. The summed E-state index contributed by atoms with van der Waals surface area (Å²) >= 11 is 0. The quantitative estimate of drug-likeness (QED) is 0.773. The molecule has 2 N–H and O–H groups in total. The Bertz CT molecular complexity index is 292. The van der Waals surface area contributed by atoms with Crippen molar-refractivity contribution in [2.45, 2.75) is 39.8 Å². The average molecular weight is 221 g/mol. The van der Waals surface area contributed by atoms with Gasteiger partial charge in [0.15, 0.2) is 0 Å². The smallest absolute Gasteiger partial charge is 0.0515 e. The van der Waals surface area contributed by atoms with Gasteiger partial charge in [-0.15, -0.1) is 0 Å². The van der Waals surface area contributed by atoms with Gasteiger partial charge in [0.1, 0.15) is 0 Å². The number of hydrogen-bond acceptors (Lipinski definition) is 2. The van der Waals surface area contributed by atoms with E-state index in [0.29, 0.717) is 5.92 Å². The minimum absolute atomic E-state index is 0.198. The Labute approximate surface area is 98.7 Å². The van der Waals surface area contributed by atoms with E-state index in [4.69, 9.17) is 0 Å². The Morgan fingerprint density at radius 3 is 2.38 bits per heavy atom. The summed E-state index contributed by atoms with van der Waals surface area (Å²) < 4.78 is 0. The first-order valence-corrected chi connectivity index (χ1v) is 6.02. The first kappa shape index (κ1) is 13.2. The van der Waals surface area contributed by atoms with Crippen molar-refractivity contribution >= 4 is 0 Å². The SMILES string of the molecule is Cc1ccc(CNCC(C)CC(C)O)cc1. The summed E-state index contributed by atoms with van der Waals surface area (Å²) in [5, 5.41) is 12.7. The Morgan fingerprint density at radius 1 is 1.19 bits per heavy atom. The number of rotatable bonds is 6. The molecule has 0 aromatic heterocycles. The van der Waals surface area contributed by atoms with Gasteiger partial charge in [0, 0.05) is 6.54 Å². The second-order valence-corrected chi connectivity index (χ2v) is 4.81. The minimum atomic E-state index is -0.198. The second-order valence-electron chi connectivity index (χ2n) is 4.81. The maximum Gasteiger partial charge on any atom is 0.0515 e. The van der Waals surface area contributed by atoms with Gasteiger partial charge in [0.2, 0.25) is 0 Å². The fraction of sp³-hybridized carbons (Fsp3) is 0.571. The topological polar surface area (TPSA) is 32.3 Å². The molecule has 90 valence electrons. The van der Waals surface area contributed by atoms with E-state index in [9.17, 15) is 5.11 Å². The normalized spacial score (nSPS) is 14.8. The van der Waals surface area contributed by atoms with E-state index >= 15 is 0 Å². The maximum absolute atomic E-state index is 9.24. The molecule has 0 heterocycles. The Balaban J connectivity index is 2.22. The predicted molar refractivity (Wildman–Crippen MR) is 68.3 cm³/mol. The number of aryl methyl sites for hydroxylation is 1. The lowest BCUT2D eigenvalue weighted by molar-refractivity contribution is 0.163. The zero-order chi connectivity index (χ0) is 12.0. The van der Waals surface area contributed by atoms with Crippen LogP contribution in [0.2, 0.25) is 0 Å². The van der Waals surface area contributed by atoms with Crippen LogP contribution in [0.5, 0.6) is 0 Å². The summed E-state index contributed by atoms with van der Waals surface area (Å²) in [4.78, 5) is 0. The highest BCUT2D eigenvalue weighted by atomic mass is 16.3. The lowest BCUT2D eigenvalue weighted by atomic mass is 10.0. The highest BCUT2D eigenvalue weighted by Gasteiger charge is 2.05. The van der Waals surface area contributed by atoms with Crippen LogP contribution in [0.25, 0.3) is 0 Å². The molecule has 0 aliphatic rings. The molecule has 0 aliphatic carbocycles. The first-order chi connectivity index (χ1) is 7.58. The van der Waals surface area contributed by atoms with Gasteiger partial charge in [-0.2, -0.15) is 0 Å². The van der Waals surface area contributed by atoms with Crippen LogP contribution in [-0.4, -0.2) is 17.8 Å². The van der Waals surface area contributed by atoms with Gasteiger partial charge in [0.05, 0.1) is 6.10 Å². The zero-order valence-corrected chi connectivity index (χ0v) is 10.5. The molecule has 2 unspecified atom stereocenters. The van der Waals surface area contributed by atoms with Crippen molar-refractivity contribution in [2.24, 2.45) is 5.92 Å². The summed E-state index contributed by atoms with van der Waals surface area (Å²) in [7, 11) is 0. The molecule has 1 aromatic rings. The highest BCUT2D eigenvalue weighted by molar-refractivity contribution is 5.20. The third-order valence-electron chi connectivity index (χ3n) is 2.69. The predicted octanol–water partition coefficient (Wildman–Crippen LogP) is 2.49. The van der Waals surface area contributed by atoms with Gasteiger partial charge in [0.25, 0.3) is 0 Å². The van der Waals surface area contributed by atoms with Crippen LogP contribution >= 0.6 is 0 Å². The molecular weight excluding hydrogens is 198 g/mol. The molecule has 2 nitrogen and oxygen atoms in total. The largest absolute Gasteiger partial charge is 0.393 e. The fourth-order valence-corrected chi connectivity index (χ4v) is 1.83. The van der Waals surface area contributed by atoms with Crippen LogP contribution in [0.15, 0.2) is 24.3 Å². The lowest BCUT2D eigenvalue weighted by Gasteiger charge is -2.14. The van der Waals surface area contributed by atoms with E-state index in [0.717, 1.165) is 19.5 Å². The molecule has 0 saturated heterocycles. The van der Waals surface area contributed by atoms with Gasteiger partial charge < -0.3 is 10.4 Å². The second kappa shape index (κ2) is 6.66. The molecule has 2 heteroatoms. The van der Waals surface area contributed by atoms with E-state index in [1.165, 1.54) is 11.1 Å². The molecule has 0 radical (unpaired) electrons. The van der Waals surface area contributed by atoms with Crippen molar-refractivity contribution < 1.29 is 5.11 Å². The van der Waals surface area contributed by atoms with Crippen LogP contribution in [0.4, 0.5) is 0 Å². The van der Waals surface area contributed by atoms with E-state index in [2.05, 4.69) is 43.4 Å². The summed E-state index contributed by atoms with van der Waals surface area (Å²) in [5.74, 6) is 0.519. The molecule has 2 atom stereocenters. The Kier molecular flexibility index (Phi) is 5.50. The van der Waals surface area contributed by atoms with Crippen LogP contribution in [0, 0.1) is 12.8 Å². The minimum Gasteiger partial charge on any atom is -0.393 e. The third-order valence-corrected chi connectivity index (χ3v) is 2.69. The number of aliphatic hydroxyl groups is 1. The number of hydrogen-bond donors (Lipinski definition) is 2. The van der Waals surface area contributed by atoms with Crippen molar-refractivity contribution in [3.05, 3.63) is 35.4 Å². The molecule has 0 bridgehead atoms. The average Bonchev–Trinajstić information content (AvgIpc) is 2.20. The third kappa shape index (κ3) is 5.29. The van der Waals surface area contributed by atoms with E-state index in [-0.39, 0.29) is 6.10 Å². The molecule has 0 spiro atoms. The first-order valence-electron chi connectivity index (χ1n) is 6.02. The maximum atomic E-state index is 9.24. The van der Waals surface area contributed by atoms with Gasteiger partial charge in [-0.1, -0.05) is 36.8 Å². The van der Waals surface area contributed by atoms with Crippen molar-refractivity contribution in [3.63, 3.8) is 0 Å². The van der Waals surface area contributed by atoms with Crippen LogP contribution in [0.1, 0.15) is 31.4 Å². The molecule has 1 rings (SSSR count). The van der Waals surface area contributed by atoms with Gasteiger partial charge in [-0.3, -0.25) is 0 Å². The molecular formula is C14H23NO. The molecule has 0 fully saturated rings. The van der Waals surface area contributed by atoms with Crippen LogP contribution in [0.3, 0.4) is 0 Å². The monoisotopic (exact) mass is 221 g/mol. The Hall–Kier alpha value is -0.860. The van der Waals surface area contributed by atoms with E-state index in [1.54, 1.807) is 0 Å². The summed E-state index contributed by atoms with van der Waals surface area (Å²) in [6.07, 6.45) is 0.664. The van der Waals surface area contributed by atoms with Crippen molar-refractivity contribution in [1.29, 1.82) is 0 Å². The van der Waals surface area contributed by atoms with Crippen molar-refractivity contribution in [2.75, 3.05) is 6.54 Å². The number of aliphatic hydroxyl groups excluding tert-OH is 1. The van der Waals surface area contributed by atoms with Crippen molar-refractivity contribution in [3.8, 4) is 0 Å². The summed E-state index contributed by atoms with van der Waals surface area (Å²) in [6.45, 7) is 7.97. The number of nitrogens with one attached hydrogen (secondary N) is 1. The summed E-state index contributed by atoms with van der Waals surface area (Å²) in [6, 6.07) is 8.58.